The number of nitrogens with two attached hydrogens (primary N) is 1. The molecule has 0 heterocycles. The fraction of sp³-hybridized carbons (Fsp3) is 0.462. The summed E-state index contributed by atoms with van der Waals surface area (Å²) in [4.78, 5) is 2.31. The Morgan fingerprint density at radius 1 is 1.50 bits per heavy atom. The highest BCUT2D eigenvalue weighted by Crippen LogP contribution is 2.17. The largest absolute Gasteiger partial charge is 0.389 e. The summed E-state index contributed by atoms with van der Waals surface area (Å²) >= 11 is 4.81. The summed E-state index contributed by atoms with van der Waals surface area (Å²) in [6.07, 6.45) is 0.948. The standard InChI is InChI=1S/C13H20FN3S/c1-9(6-7-17(2)3)16-12-5-4-10(13(15)18)8-11(12)14/h4-5,8-9,16H,6-7H2,1-3H3,(H2,15,18). The van der Waals surface area contributed by atoms with Crippen molar-refractivity contribution in [3.05, 3.63) is 29.6 Å². The van der Waals surface area contributed by atoms with Crippen LogP contribution in [0.5, 0.6) is 0 Å². The third-order valence-corrected chi connectivity index (χ3v) is 2.90. The van der Waals surface area contributed by atoms with Crippen LogP contribution in [0.3, 0.4) is 0 Å². The van der Waals surface area contributed by atoms with Crippen LogP contribution in [-0.2, 0) is 0 Å². The van der Waals surface area contributed by atoms with Gasteiger partial charge in [-0.25, -0.2) is 4.39 Å². The lowest BCUT2D eigenvalue weighted by atomic mass is 10.1. The van der Waals surface area contributed by atoms with Crippen molar-refractivity contribution in [2.24, 2.45) is 5.73 Å². The first kappa shape index (κ1) is 14.9. The zero-order chi connectivity index (χ0) is 13.7. The molecule has 1 rings (SSSR count). The molecule has 3 nitrogen and oxygen atoms in total. The lowest BCUT2D eigenvalue weighted by molar-refractivity contribution is 0.390. The van der Waals surface area contributed by atoms with Crippen molar-refractivity contribution in [3.63, 3.8) is 0 Å². The predicted molar refractivity (Wildman–Crippen MR) is 78.5 cm³/mol. The lowest BCUT2D eigenvalue weighted by Gasteiger charge is -2.18. The molecule has 0 aliphatic carbocycles. The fourth-order valence-electron chi connectivity index (χ4n) is 1.57. The Labute approximate surface area is 113 Å². The molecule has 0 fully saturated rings. The number of thiocarbonyl (C=S) groups is 1. The topological polar surface area (TPSA) is 41.3 Å². The van der Waals surface area contributed by atoms with Crippen LogP contribution in [0.1, 0.15) is 18.9 Å². The van der Waals surface area contributed by atoms with E-state index in [4.69, 9.17) is 18.0 Å². The Balaban J connectivity index is 2.64. The monoisotopic (exact) mass is 269 g/mol. The van der Waals surface area contributed by atoms with Crippen LogP contribution in [-0.4, -0.2) is 36.6 Å². The van der Waals surface area contributed by atoms with Gasteiger partial charge in [-0.3, -0.25) is 0 Å². The van der Waals surface area contributed by atoms with Gasteiger partial charge >= 0.3 is 0 Å². The van der Waals surface area contributed by atoms with Crippen molar-refractivity contribution in [2.45, 2.75) is 19.4 Å². The molecule has 1 aromatic rings. The van der Waals surface area contributed by atoms with E-state index in [1.54, 1.807) is 12.1 Å². The summed E-state index contributed by atoms with van der Waals surface area (Å²) < 4.78 is 13.8. The average molecular weight is 269 g/mol. The summed E-state index contributed by atoms with van der Waals surface area (Å²) in [7, 11) is 4.04. The molecule has 0 aromatic heterocycles. The van der Waals surface area contributed by atoms with E-state index in [2.05, 4.69) is 10.2 Å². The van der Waals surface area contributed by atoms with Crippen LogP contribution < -0.4 is 11.1 Å². The van der Waals surface area contributed by atoms with Gasteiger partial charge in [0, 0.05) is 11.6 Å². The second-order valence-electron chi connectivity index (χ2n) is 4.70. The Hall–Kier alpha value is -1.20. The maximum absolute atomic E-state index is 13.8. The molecule has 0 saturated heterocycles. The Morgan fingerprint density at radius 3 is 2.67 bits per heavy atom. The SMILES string of the molecule is CC(CCN(C)C)Nc1ccc(C(N)=S)cc1F. The second-order valence-corrected chi connectivity index (χ2v) is 5.14. The fourth-order valence-corrected chi connectivity index (χ4v) is 1.70. The van der Waals surface area contributed by atoms with E-state index in [1.807, 2.05) is 21.0 Å². The predicted octanol–water partition coefficient (Wildman–Crippen LogP) is 2.21. The number of hydrogen-bond donors (Lipinski definition) is 2. The Bertz CT molecular complexity index is 421. The van der Waals surface area contributed by atoms with Gasteiger partial charge in [-0.05, 0) is 52.2 Å². The van der Waals surface area contributed by atoms with E-state index in [-0.39, 0.29) is 16.8 Å². The molecule has 0 bridgehead atoms. The zero-order valence-electron chi connectivity index (χ0n) is 11.0. The molecule has 1 unspecified atom stereocenters. The number of nitrogens with one attached hydrogen (secondary N) is 1. The molecule has 0 spiro atoms. The minimum atomic E-state index is -0.322. The molecule has 0 aliphatic rings. The van der Waals surface area contributed by atoms with E-state index in [0.29, 0.717) is 11.3 Å². The van der Waals surface area contributed by atoms with Crippen molar-refractivity contribution >= 4 is 22.9 Å². The Morgan fingerprint density at radius 2 is 2.17 bits per heavy atom. The number of nitrogens with zero attached hydrogens (tertiary/aromatic N) is 1. The van der Waals surface area contributed by atoms with Crippen molar-refractivity contribution in [2.75, 3.05) is 26.0 Å². The highest BCUT2D eigenvalue weighted by atomic mass is 32.1. The lowest BCUT2D eigenvalue weighted by Crippen LogP contribution is -2.23. The van der Waals surface area contributed by atoms with Gasteiger partial charge in [0.05, 0.1) is 5.69 Å². The molecule has 0 aliphatic heterocycles. The van der Waals surface area contributed by atoms with Crippen LogP contribution in [0.25, 0.3) is 0 Å². The van der Waals surface area contributed by atoms with Gasteiger partial charge in [0.15, 0.2) is 0 Å². The molecule has 0 saturated carbocycles. The maximum atomic E-state index is 13.8. The molecular weight excluding hydrogens is 249 g/mol. The van der Waals surface area contributed by atoms with E-state index < -0.39 is 0 Å². The van der Waals surface area contributed by atoms with Gasteiger partial charge in [0.25, 0.3) is 0 Å². The van der Waals surface area contributed by atoms with Crippen LogP contribution >= 0.6 is 12.2 Å². The first-order valence-electron chi connectivity index (χ1n) is 5.90. The van der Waals surface area contributed by atoms with E-state index in [9.17, 15) is 4.39 Å². The second kappa shape index (κ2) is 6.66. The number of halogens is 1. The van der Waals surface area contributed by atoms with E-state index in [0.717, 1.165) is 13.0 Å². The van der Waals surface area contributed by atoms with E-state index in [1.165, 1.54) is 6.07 Å². The molecular formula is C13H20FN3S. The van der Waals surface area contributed by atoms with Crippen molar-refractivity contribution in [1.29, 1.82) is 0 Å². The minimum absolute atomic E-state index is 0.206. The molecule has 5 heteroatoms. The average Bonchev–Trinajstić information content (AvgIpc) is 2.29. The summed E-state index contributed by atoms with van der Waals surface area (Å²) in [6.45, 7) is 2.99. The van der Waals surface area contributed by atoms with Gasteiger partial charge in [0.2, 0.25) is 0 Å². The number of hydrogen-bond acceptors (Lipinski definition) is 3. The van der Waals surface area contributed by atoms with Gasteiger partial charge in [-0.1, -0.05) is 12.2 Å². The van der Waals surface area contributed by atoms with Crippen LogP contribution in [0.15, 0.2) is 18.2 Å². The summed E-state index contributed by atoms with van der Waals surface area (Å²) in [5, 5.41) is 3.15. The van der Waals surface area contributed by atoms with Crippen molar-refractivity contribution in [1.82, 2.24) is 4.90 Å². The summed E-state index contributed by atoms with van der Waals surface area (Å²) in [5.74, 6) is -0.322. The van der Waals surface area contributed by atoms with Crippen molar-refractivity contribution < 1.29 is 4.39 Å². The van der Waals surface area contributed by atoms with Crippen molar-refractivity contribution in [3.8, 4) is 0 Å². The number of rotatable bonds is 6. The zero-order valence-corrected chi connectivity index (χ0v) is 11.9. The number of benzene rings is 1. The third kappa shape index (κ3) is 4.58. The van der Waals surface area contributed by atoms with Gasteiger partial charge in [0.1, 0.15) is 10.8 Å². The third-order valence-electron chi connectivity index (χ3n) is 2.66. The quantitative estimate of drug-likeness (QED) is 0.777. The van der Waals surface area contributed by atoms with Gasteiger partial charge in [-0.2, -0.15) is 0 Å². The first-order chi connectivity index (χ1) is 8.40. The first-order valence-corrected chi connectivity index (χ1v) is 6.31. The van der Waals surface area contributed by atoms with Crippen LogP contribution in [0.2, 0.25) is 0 Å². The molecule has 18 heavy (non-hydrogen) atoms. The van der Waals surface area contributed by atoms with Crippen LogP contribution in [0, 0.1) is 5.82 Å². The van der Waals surface area contributed by atoms with Gasteiger partial charge < -0.3 is 16.0 Å². The minimum Gasteiger partial charge on any atom is -0.389 e. The Kier molecular flexibility index (Phi) is 5.50. The maximum Gasteiger partial charge on any atom is 0.146 e. The summed E-state index contributed by atoms with van der Waals surface area (Å²) in [5.41, 5.74) is 6.49. The molecule has 1 atom stereocenters. The molecule has 0 radical (unpaired) electrons. The summed E-state index contributed by atoms with van der Waals surface area (Å²) in [6, 6.07) is 4.98. The highest BCUT2D eigenvalue weighted by molar-refractivity contribution is 7.80. The van der Waals surface area contributed by atoms with Crippen LogP contribution in [0.4, 0.5) is 10.1 Å². The molecule has 0 amide bonds. The van der Waals surface area contributed by atoms with E-state index >= 15 is 0 Å². The highest BCUT2D eigenvalue weighted by Gasteiger charge is 2.08. The number of anilines is 1. The molecule has 100 valence electrons. The molecule has 1 aromatic carbocycles. The smallest absolute Gasteiger partial charge is 0.146 e. The normalized spacial score (nSPS) is 12.5. The van der Waals surface area contributed by atoms with Gasteiger partial charge in [-0.15, -0.1) is 0 Å². The molecule has 3 N–H and O–H groups in total.